The van der Waals surface area contributed by atoms with Crippen LogP contribution in [0.4, 0.5) is 0 Å². The molecule has 0 spiro atoms. The van der Waals surface area contributed by atoms with E-state index in [0.717, 1.165) is 30.8 Å². The Morgan fingerprint density at radius 2 is 2.00 bits per heavy atom. The molecule has 1 N–H and O–H groups in total. The second-order valence-electron chi connectivity index (χ2n) is 5.32. The van der Waals surface area contributed by atoms with Crippen molar-refractivity contribution < 1.29 is 0 Å². The van der Waals surface area contributed by atoms with E-state index in [1.54, 1.807) is 0 Å². The zero-order chi connectivity index (χ0) is 12.3. The monoisotopic (exact) mass is 315 g/mol. The molecular formula is C14H22BrNS. The first kappa shape index (κ1) is 13.6. The molecular weight excluding hydrogens is 294 g/mol. The van der Waals surface area contributed by atoms with Crippen molar-refractivity contribution in [2.75, 3.05) is 6.54 Å². The fourth-order valence-corrected chi connectivity index (χ4v) is 4.41. The third-order valence-corrected chi connectivity index (χ3v) is 5.61. The highest BCUT2D eigenvalue weighted by atomic mass is 79.9. The first-order valence-corrected chi connectivity index (χ1v) is 8.25. The molecule has 0 radical (unpaired) electrons. The third-order valence-electron chi connectivity index (χ3n) is 3.93. The molecule has 1 saturated carbocycles. The van der Waals surface area contributed by atoms with E-state index in [2.05, 4.69) is 47.2 Å². The van der Waals surface area contributed by atoms with Crippen LogP contribution in [0.2, 0.25) is 0 Å². The van der Waals surface area contributed by atoms with Crippen molar-refractivity contribution in [2.45, 2.75) is 45.6 Å². The molecule has 2 atom stereocenters. The number of hydrogen-bond acceptors (Lipinski definition) is 2. The van der Waals surface area contributed by atoms with Gasteiger partial charge in [-0.1, -0.05) is 20.3 Å². The van der Waals surface area contributed by atoms with Crippen molar-refractivity contribution in [1.29, 1.82) is 0 Å². The molecule has 0 bridgehead atoms. The van der Waals surface area contributed by atoms with Gasteiger partial charge in [0.05, 0.1) is 3.79 Å². The summed E-state index contributed by atoms with van der Waals surface area (Å²) in [5.74, 6) is 1.68. The average Bonchev–Trinajstić information content (AvgIpc) is 2.69. The topological polar surface area (TPSA) is 12.0 Å². The molecule has 0 aromatic carbocycles. The van der Waals surface area contributed by atoms with E-state index in [0.29, 0.717) is 0 Å². The lowest BCUT2D eigenvalue weighted by Gasteiger charge is -2.35. The van der Waals surface area contributed by atoms with Gasteiger partial charge in [0.15, 0.2) is 0 Å². The zero-order valence-corrected chi connectivity index (χ0v) is 13.1. The van der Waals surface area contributed by atoms with Gasteiger partial charge in [-0.05, 0) is 59.2 Å². The third kappa shape index (κ3) is 3.80. The Bertz CT molecular complexity index is 340. The van der Waals surface area contributed by atoms with Gasteiger partial charge in [-0.25, -0.2) is 0 Å². The normalized spacial score (nSPS) is 29.5. The predicted octanol–water partition coefficient (Wildman–Crippen LogP) is 4.47. The smallest absolute Gasteiger partial charge is 0.0701 e. The van der Waals surface area contributed by atoms with Gasteiger partial charge in [0.25, 0.3) is 0 Å². The van der Waals surface area contributed by atoms with Crippen LogP contribution >= 0.6 is 27.3 Å². The molecule has 1 heterocycles. The van der Waals surface area contributed by atoms with E-state index < -0.39 is 0 Å². The molecule has 1 aromatic rings. The highest BCUT2D eigenvalue weighted by Crippen LogP contribution is 2.29. The Labute approximate surface area is 117 Å². The molecule has 0 saturated heterocycles. The van der Waals surface area contributed by atoms with E-state index in [1.807, 2.05) is 11.3 Å². The van der Waals surface area contributed by atoms with Gasteiger partial charge in [-0.15, -0.1) is 11.3 Å². The van der Waals surface area contributed by atoms with Crippen LogP contribution < -0.4 is 5.32 Å². The largest absolute Gasteiger partial charge is 0.313 e. The molecule has 17 heavy (non-hydrogen) atoms. The van der Waals surface area contributed by atoms with Crippen LogP contribution in [0.3, 0.4) is 0 Å². The van der Waals surface area contributed by atoms with Crippen LogP contribution in [0, 0.1) is 11.8 Å². The highest BCUT2D eigenvalue weighted by molar-refractivity contribution is 9.11. The summed E-state index contributed by atoms with van der Waals surface area (Å²) < 4.78 is 1.24. The number of halogens is 1. The van der Waals surface area contributed by atoms with Gasteiger partial charge in [-0.2, -0.15) is 0 Å². The van der Waals surface area contributed by atoms with Crippen LogP contribution in [0.25, 0.3) is 0 Å². The molecule has 1 fully saturated rings. The van der Waals surface area contributed by atoms with Gasteiger partial charge < -0.3 is 5.32 Å². The molecule has 0 amide bonds. The molecule has 0 aliphatic heterocycles. The van der Waals surface area contributed by atoms with Gasteiger partial charge in [0, 0.05) is 17.5 Å². The van der Waals surface area contributed by atoms with E-state index in [9.17, 15) is 0 Å². The van der Waals surface area contributed by atoms with Gasteiger partial charge in [0.1, 0.15) is 0 Å². The van der Waals surface area contributed by atoms with E-state index in [1.165, 1.54) is 27.9 Å². The van der Waals surface area contributed by atoms with Gasteiger partial charge in [0.2, 0.25) is 0 Å². The molecule has 96 valence electrons. The Hall–Kier alpha value is 0.140. The lowest BCUT2D eigenvalue weighted by molar-refractivity contribution is 0.210. The van der Waals surface area contributed by atoms with E-state index in [4.69, 9.17) is 0 Å². The van der Waals surface area contributed by atoms with Gasteiger partial charge in [-0.3, -0.25) is 0 Å². The van der Waals surface area contributed by atoms with Crippen molar-refractivity contribution in [3.05, 3.63) is 20.8 Å². The summed E-state index contributed by atoms with van der Waals surface area (Å²) in [6, 6.07) is 5.10. The summed E-state index contributed by atoms with van der Waals surface area (Å²) in [7, 11) is 0. The van der Waals surface area contributed by atoms with Crippen molar-refractivity contribution in [1.82, 2.24) is 5.32 Å². The van der Waals surface area contributed by atoms with Crippen LogP contribution in [-0.2, 0) is 6.42 Å². The summed E-state index contributed by atoms with van der Waals surface area (Å²) in [4.78, 5) is 1.47. The van der Waals surface area contributed by atoms with Crippen molar-refractivity contribution in [3.8, 4) is 0 Å². The maximum atomic E-state index is 3.77. The number of rotatable bonds is 4. The Morgan fingerprint density at radius 3 is 2.59 bits per heavy atom. The van der Waals surface area contributed by atoms with Crippen molar-refractivity contribution >= 4 is 27.3 Å². The summed E-state index contributed by atoms with van der Waals surface area (Å²) >= 11 is 5.37. The molecule has 1 aromatic heterocycles. The van der Waals surface area contributed by atoms with E-state index >= 15 is 0 Å². The Morgan fingerprint density at radius 1 is 1.29 bits per heavy atom. The molecule has 1 nitrogen and oxygen atoms in total. The lowest BCUT2D eigenvalue weighted by Crippen LogP contribution is -2.43. The Balaban J connectivity index is 1.77. The number of nitrogens with one attached hydrogen (secondary N) is 1. The Kier molecular flexibility index (Phi) is 5.07. The maximum absolute atomic E-state index is 3.77. The second kappa shape index (κ2) is 6.35. The minimum Gasteiger partial charge on any atom is -0.313 e. The van der Waals surface area contributed by atoms with Gasteiger partial charge >= 0.3 is 0 Å². The molecule has 2 unspecified atom stereocenters. The minimum absolute atomic E-state index is 0.729. The first-order valence-electron chi connectivity index (χ1n) is 6.64. The number of thiophene rings is 1. The van der Waals surface area contributed by atoms with E-state index in [-0.39, 0.29) is 0 Å². The summed E-state index contributed by atoms with van der Waals surface area (Å²) in [6.45, 7) is 5.91. The summed E-state index contributed by atoms with van der Waals surface area (Å²) in [5.41, 5.74) is 0. The standard InChI is InChI=1S/C14H22BrNS/c1-10-4-3-5-11(2)14(10)16-9-8-12-6-7-13(15)17-12/h6-7,10-11,14,16H,3-5,8-9H2,1-2H3. The fourth-order valence-electron chi connectivity index (χ4n) is 2.93. The summed E-state index contributed by atoms with van der Waals surface area (Å²) in [5, 5.41) is 3.77. The second-order valence-corrected chi connectivity index (χ2v) is 7.87. The number of hydrogen-bond donors (Lipinski definition) is 1. The van der Waals surface area contributed by atoms with Crippen LogP contribution in [0.1, 0.15) is 38.0 Å². The highest BCUT2D eigenvalue weighted by Gasteiger charge is 2.26. The first-order chi connectivity index (χ1) is 8.16. The molecule has 1 aliphatic rings. The van der Waals surface area contributed by atoms with Crippen molar-refractivity contribution in [2.24, 2.45) is 11.8 Å². The van der Waals surface area contributed by atoms with Crippen LogP contribution in [0.15, 0.2) is 15.9 Å². The fraction of sp³-hybridized carbons (Fsp3) is 0.714. The lowest BCUT2D eigenvalue weighted by atomic mass is 9.79. The quantitative estimate of drug-likeness (QED) is 0.864. The SMILES string of the molecule is CC1CCCC(C)C1NCCc1ccc(Br)s1. The van der Waals surface area contributed by atoms with Crippen LogP contribution in [-0.4, -0.2) is 12.6 Å². The minimum atomic E-state index is 0.729. The summed E-state index contributed by atoms with van der Waals surface area (Å²) in [6.07, 6.45) is 5.36. The zero-order valence-electron chi connectivity index (χ0n) is 10.7. The van der Waals surface area contributed by atoms with Crippen LogP contribution in [0.5, 0.6) is 0 Å². The molecule has 2 rings (SSSR count). The average molecular weight is 316 g/mol. The molecule has 1 aliphatic carbocycles. The predicted molar refractivity (Wildman–Crippen MR) is 79.7 cm³/mol. The van der Waals surface area contributed by atoms with Crippen molar-refractivity contribution in [3.63, 3.8) is 0 Å². The molecule has 3 heteroatoms. The maximum Gasteiger partial charge on any atom is 0.0701 e.